The van der Waals surface area contributed by atoms with Crippen molar-refractivity contribution in [2.75, 3.05) is 5.32 Å². The Bertz CT molecular complexity index is 831. The van der Waals surface area contributed by atoms with Crippen LogP contribution in [0, 0.1) is 6.92 Å². The van der Waals surface area contributed by atoms with Gasteiger partial charge in [-0.15, -0.1) is 0 Å². The maximum Gasteiger partial charge on any atom is 0.418 e. The quantitative estimate of drug-likeness (QED) is 0.761. The summed E-state index contributed by atoms with van der Waals surface area (Å²) in [4.78, 5) is 16.1. The normalized spacial score (nSPS) is 15.4. The summed E-state index contributed by atoms with van der Waals surface area (Å²) in [6.45, 7) is 2.01. The highest BCUT2D eigenvalue weighted by Crippen LogP contribution is 2.36. The van der Waals surface area contributed by atoms with Gasteiger partial charge in [-0.05, 0) is 43.5 Å². The SMILES string of the molecule is Cc1cc(Nc2ccccc2C(F)(F)F)cnc1CNC(=O)C1(N)CC1. The number of aryl methyl sites for hydroxylation is 1. The highest BCUT2D eigenvalue weighted by atomic mass is 19.4. The maximum atomic E-state index is 13.1. The van der Waals surface area contributed by atoms with Crippen LogP contribution >= 0.6 is 0 Å². The van der Waals surface area contributed by atoms with Crippen molar-refractivity contribution < 1.29 is 18.0 Å². The van der Waals surface area contributed by atoms with Gasteiger partial charge in [0.1, 0.15) is 0 Å². The molecule has 1 aliphatic carbocycles. The maximum absolute atomic E-state index is 13.1. The van der Waals surface area contributed by atoms with Gasteiger partial charge in [-0.25, -0.2) is 0 Å². The van der Waals surface area contributed by atoms with Gasteiger partial charge in [0.15, 0.2) is 0 Å². The molecule has 1 amide bonds. The molecule has 0 saturated heterocycles. The number of para-hydroxylation sites is 1. The number of halogens is 3. The summed E-state index contributed by atoms with van der Waals surface area (Å²) >= 11 is 0. The standard InChI is InChI=1S/C18H19F3N4O/c1-11-8-12(25-14-5-3-2-4-13(14)18(19,20)21)9-23-15(11)10-24-16(26)17(22)6-7-17/h2-5,8-9,25H,6-7,10,22H2,1H3,(H,24,26). The van der Waals surface area contributed by atoms with Gasteiger partial charge in [0.05, 0.1) is 40.9 Å². The molecule has 138 valence electrons. The predicted octanol–water partition coefficient (Wildman–Crippen LogP) is 3.26. The summed E-state index contributed by atoms with van der Waals surface area (Å²) in [5.74, 6) is -0.208. The van der Waals surface area contributed by atoms with E-state index in [4.69, 9.17) is 5.73 Å². The van der Waals surface area contributed by atoms with Gasteiger partial charge < -0.3 is 16.4 Å². The van der Waals surface area contributed by atoms with Crippen molar-refractivity contribution in [2.45, 2.75) is 38.0 Å². The molecule has 0 bridgehead atoms. The summed E-state index contributed by atoms with van der Waals surface area (Å²) in [7, 11) is 0. The number of alkyl halides is 3. The van der Waals surface area contributed by atoms with Crippen molar-refractivity contribution in [2.24, 2.45) is 5.73 Å². The minimum Gasteiger partial charge on any atom is -0.354 e. The Kier molecular flexibility index (Phi) is 4.62. The van der Waals surface area contributed by atoms with Crippen LogP contribution in [-0.4, -0.2) is 16.4 Å². The molecule has 26 heavy (non-hydrogen) atoms. The number of carbonyl (C=O) groups is 1. The van der Waals surface area contributed by atoms with Crippen molar-refractivity contribution in [3.05, 3.63) is 53.3 Å². The Hall–Kier alpha value is -2.61. The number of rotatable bonds is 5. The van der Waals surface area contributed by atoms with Crippen LogP contribution in [0.25, 0.3) is 0 Å². The number of aromatic nitrogens is 1. The smallest absolute Gasteiger partial charge is 0.354 e. The molecule has 0 atom stereocenters. The fourth-order valence-corrected chi connectivity index (χ4v) is 2.55. The van der Waals surface area contributed by atoms with Gasteiger partial charge in [0.25, 0.3) is 0 Å². The number of pyridine rings is 1. The van der Waals surface area contributed by atoms with Gasteiger partial charge in [-0.1, -0.05) is 12.1 Å². The lowest BCUT2D eigenvalue weighted by atomic mass is 10.1. The van der Waals surface area contributed by atoms with Crippen LogP contribution in [0.3, 0.4) is 0 Å². The van der Waals surface area contributed by atoms with E-state index in [1.807, 2.05) is 0 Å². The lowest BCUT2D eigenvalue weighted by Gasteiger charge is -2.15. The number of benzene rings is 1. The zero-order valence-electron chi connectivity index (χ0n) is 14.2. The van der Waals surface area contributed by atoms with Gasteiger partial charge in [0.2, 0.25) is 5.91 Å². The number of carbonyl (C=O) groups excluding carboxylic acids is 1. The third kappa shape index (κ3) is 3.96. The molecule has 1 aliphatic rings. The molecule has 1 aromatic carbocycles. The van der Waals surface area contributed by atoms with E-state index in [-0.39, 0.29) is 18.1 Å². The minimum atomic E-state index is -4.45. The molecule has 0 aliphatic heterocycles. The van der Waals surface area contributed by atoms with Crippen LogP contribution in [0.2, 0.25) is 0 Å². The number of amides is 1. The highest BCUT2D eigenvalue weighted by molar-refractivity contribution is 5.88. The number of hydrogen-bond acceptors (Lipinski definition) is 4. The van der Waals surface area contributed by atoms with E-state index in [1.54, 1.807) is 13.0 Å². The molecule has 3 rings (SSSR count). The van der Waals surface area contributed by atoms with Crippen LogP contribution in [-0.2, 0) is 17.5 Å². The zero-order valence-corrected chi connectivity index (χ0v) is 14.2. The average molecular weight is 364 g/mol. The lowest BCUT2D eigenvalue weighted by Crippen LogP contribution is -2.42. The highest BCUT2D eigenvalue weighted by Gasteiger charge is 2.45. The molecular weight excluding hydrogens is 345 g/mol. The van der Waals surface area contributed by atoms with Gasteiger partial charge in [-0.3, -0.25) is 9.78 Å². The van der Waals surface area contributed by atoms with Gasteiger partial charge in [-0.2, -0.15) is 13.2 Å². The van der Waals surface area contributed by atoms with E-state index in [2.05, 4.69) is 15.6 Å². The Morgan fingerprint density at radius 2 is 2.00 bits per heavy atom. The fourth-order valence-electron chi connectivity index (χ4n) is 2.55. The number of nitrogens with one attached hydrogen (secondary N) is 2. The van der Waals surface area contributed by atoms with E-state index in [9.17, 15) is 18.0 Å². The van der Waals surface area contributed by atoms with Crippen molar-refractivity contribution >= 4 is 17.3 Å². The monoisotopic (exact) mass is 364 g/mol. The largest absolute Gasteiger partial charge is 0.418 e. The first-order valence-corrected chi connectivity index (χ1v) is 8.15. The molecule has 0 radical (unpaired) electrons. The second-order valence-electron chi connectivity index (χ2n) is 6.49. The summed E-state index contributed by atoms with van der Waals surface area (Å²) in [6, 6.07) is 6.95. The molecule has 1 saturated carbocycles. The van der Waals surface area contributed by atoms with Crippen LogP contribution in [0.5, 0.6) is 0 Å². The van der Waals surface area contributed by atoms with Crippen LogP contribution in [0.15, 0.2) is 36.5 Å². The van der Waals surface area contributed by atoms with E-state index in [0.717, 1.165) is 11.6 Å². The first-order valence-electron chi connectivity index (χ1n) is 8.15. The Morgan fingerprint density at radius 1 is 1.31 bits per heavy atom. The number of nitrogens with zero attached hydrogens (tertiary/aromatic N) is 1. The first-order chi connectivity index (χ1) is 12.2. The third-order valence-electron chi connectivity index (χ3n) is 4.36. The molecule has 0 unspecified atom stereocenters. The third-order valence-corrected chi connectivity index (χ3v) is 4.36. The van der Waals surface area contributed by atoms with E-state index < -0.39 is 17.3 Å². The fraction of sp³-hybridized carbons (Fsp3) is 0.333. The zero-order chi connectivity index (χ0) is 18.9. The topological polar surface area (TPSA) is 80.0 Å². The summed E-state index contributed by atoms with van der Waals surface area (Å²) in [6.07, 6.45) is -1.66. The van der Waals surface area contributed by atoms with Crippen molar-refractivity contribution in [3.63, 3.8) is 0 Å². The van der Waals surface area contributed by atoms with Gasteiger partial charge in [0, 0.05) is 0 Å². The predicted molar refractivity (Wildman–Crippen MR) is 91.7 cm³/mol. The van der Waals surface area contributed by atoms with Crippen LogP contribution < -0.4 is 16.4 Å². The second kappa shape index (κ2) is 6.60. The molecule has 2 aromatic rings. The van der Waals surface area contributed by atoms with E-state index in [1.165, 1.54) is 24.4 Å². The molecule has 0 spiro atoms. The minimum absolute atomic E-state index is 0.0407. The average Bonchev–Trinajstić information content (AvgIpc) is 3.32. The molecule has 1 heterocycles. The summed E-state index contributed by atoms with van der Waals surface area (Å²) in [5, 5.41) is 5.50. The summed E-state index contributed by atoms with van der Waals surface area (Å²) < 4.78 is 39.2. The molecule has 4 N–H and O–H groups in total. The van der Waals surface area contributed by atoms with E-state index >= 15 is 0 Å². The number of anilines is 2. The molecule has 1 aromatic heterocycles. The van der Waals surface area contributed by atoms with Crippen LogP contribution in [0.4, 0.5) is 24.5 Å². The molecular formula is C18H19F3N4O. The second-order valence-corrected chi connectivity index (χ2v) is 6.49. The van der Waals surface area contributed by atoms with Crippen LogP contribution in [0.1, 0.15) is 29.7 Å². The number of nitrogens with two attached hydrogens (primary N) is 1. The Labute approximate surface area is 148 Å². The number of hydrogen-bond donors (Lipinski definition) is 3. The Morgan fingerprint density at radius 3 is 2.62 bits per heavy atom. The first kappa shape index (κ1) is 18.2. The van der Waals surface area contributed by atoms with Crippen molar-refractivity contribution in [1.29, 1.82) is 0 Å². The van der Waals surface area contributed by atoms with E-state index in [0.29, 0.717) is 24.2 Å². The van der Waals surface area contributed by atoms with Crippen molar-refractivity contribution in [1.82, 2.24) is 10.3 Å². The lowest BCUT2D eigenvalue weighted by molar-refractivity contribution is -0.137. The Balaban J connectivity index is 1.71. The molecule has 1 fully saturated rings. The van der Waals surface area contributed by atoms with Crippen molar-refractivity contribution in [3.8, 4) is 0 Å². The summed E-state index contributed by atoms with van der Waals surface area (Å²) in [5.41, 5.74) is 6.10. The molecule has 5 nitrogen and oxygen atoms in total. The molecule has 8 heteroatoms. The van der Waals surface area contributed by atoms with Gasteiger partial charge >= 0.3 is 6.18 Å².